The van der Waals surface area contributed by atoms with Gasteiger partial charge in [-0.05, 0) is 80.2 Å². The summed E-state index contributed by atoms with van der Waals surface area (Å²) in [5.41, 5.74) is 9.92. The van der Waals surface area contributed by atoms with E-state index in [1.54, 1.807) is 0 Å². The van der Waals surface area contributed by atoms with Crippen LogP contribution in [0.15, 0.2) is 156 Å². The van der Waals surface area contributed by atoms with Crippen molar-refractivity contribution in [3.63, 3.8) is 0 Å². The van der Waals surface area contributed by atoms with Crippen LogP contribution in [0.3, 0.4) is 0 Å². The number of para-hydroxylation sites is 1. The Morgan fingerprint density at radius 3 is 2.02 bits per heavy atom. The van der Waals surface area contributed by atoms with Gasteiger partial charge in [0.1, 0.15) is 23.0 Å². The first kappa shape index (κ1) is 25.4. The van der Waals surface area contributed by atoms with Crippen LogP contribution >= 0.6 is 0 Å². The third-order valence-corrected chi connectivity index (χ3v) is 9.70. The highest BCUT2D eigenvalue weighted by molar-refractivity contribution is 6.26. The molecule has 0 saturated heterocycles. The maximum Gasteiger partial charge on any atom is 0.143 e. The van der Waals surface area contributed by atoms with Crippen LogP contribution < -0.4 is 4.74 Å². The van der Waals surface area contributed by atoms with Gasteiger partial charge >= 0.3 is 0 Å². The molecule has 0 saturated carbocycles. The van der Waals surface area contributed by atoms with Crippen molar-refractivity contribution in [1.29, 1.82) is 0 Å². The highest BCUT2D eigenvalue weighted by Gasteiger charge is 2.32. The number of ether oxygens (including phenoxy) is 1. The van der Waals surface area contributed by atoms with Crippen molar-refractivity contribution in [2.75, 3.05) is 0 Å². The molecule has 8 aromatic rings. The van der Waals surface area contributed by atoms with Crippen LogP contribution in [0.4, 0.5) is 0 Å². The zero-order valence-electron chi connectivity index (χ0n) is 24.9. The molecule has 1 aliphatic heterocycles. The van der Waals surface area contributed by atoms with Crippen molar-refractivity contribution in [2.24, 2.45) is 0 Å². The van der Waals surface area contributed by atoms with E-state index >= 15 is 0 Å². The zero-order valence-corrected chi connectivity index (χ0v) is 24.9. The average molecular weight is 590 g/mol. The fraction of sp³-hybridized carbons (Fsp3) is 0.0465. The number of aromatic nitrogens is 1. The second-order valence-electron chi connectivity index (χ2n) is 12.2. The Morgan fingerprint density at radius 1 is 0.565 bits per heavy atom. The van der Waals surface area contributed by atoms with Crippen molar-refractivity contribution in [2.45, 2.75) is 12.0 Å². The minimum atomic E-state index is 0.0629. The molecule has 0 spiro atoms. The minimum Gasteiger partial charge on any atom is -0.485 e. The Balaban J connectivity index is 1.29. The van der Waals surface area contributed by atoms with Gasteiger partial charge in [0.25, 0.3) is 0 Å². The van der Waals surface area contributed by atoms with E-state index in [1.807, 2.05) is 24.5 Å². The van der Waals surface area contributed by atoms with Crippen LogP contribution in [0.2, 0.25) is 0 Å². The van der Waals surface area contributed by atoms with Gasteiger partial charge in [-0.1, -0.05) is 103 Å². The molecule has 1 aliphatic carbocycles. The highest BCUT2D eigenvalue weighted by Crippen LogP contribution is 2.50. The van der Waals surface area contributed by atoms with Gasteiger partial charge in [-0.2, -0.15) is 0 Å². The quantitative estimate of drug-likeness (QED) is 0.192. The lowest BCUT2D eigenvalue weighted by molar-refractivity contribution is 0.269. The summed E-state index contributed by atoms with van der Waals surface area (Å²) in [6.45, 7) is 0. The second kappa shape index (κ2) is 9.79. The molecule has 10 rings (SSSR count). The van der Waals surface area contributed by atoms with E-state index in [-0.39, 0.29) is 12.0 Å². The molecule has 0 N–H and O–H groups in total. The molecular weight excluding hydrogens is 562 g/mol. The molecular formula is C43H27NO2. The maximum atomic E-state index is 6.65. The summed E-state index contributed by atoms with van der Waals surface area (Å²) < 4.78 is 13.0. The van der Waals surface area contributed by atoms with Gasteiger partial charge in [0, 0.05) is 45.8 Å². The van der Waals surface area contributed by atoms with Gasteiger partial charge in [-0.3, -0.25) is 4.98 Å². The highest BCUT2D eigenvalue weighted by atomic mass is 16.5. The third kappa shape index (κ3) is 3.63. The van der Waals surface area contributed by atoms with E-state index in [0.717, 1.165) is 44.4 Å². The third-order valence-electron chi connectivity index (χ3n) is 9.70. The smallest absolute Gasteiger partial charge is 0.143 e. The van der Waals surface area contributed by atoms with Gasteiger partial charge in [0.15, 0.2) is 0 Å². The topological polar surface area (TPSA) is 35.3 Å². The van der Waals surface area contributed by atoms with Gasteiger partial charge in [-0.15, -0.1) is 0 Å². The number of nitrogens with zero attached hydrogens (tertiary/aromatic N) is 1. The van der Waals surface area contributed by atoms with Crippen LogP contribution in [-0.4, -0.2) is 11.1 Å². The lowest BCUT2D eigenvalue weighted by Gasteiger charge is -2.19. The van der Waals surface area contributed by atoms with Gasteiger partial charge < -0.3 is 9.15 Å². The van der Waals surface area contributed by atoms with E-state index in [4.69, 9.17) is 9.15 Å². The van der Waals surface area contributed by atoms with Gasteiger partial charge in [0.05, 0.1) is 0 Å². The Bertz CT molecular complexity index is 2520. The van der Waals surface area contributed by atoms with Gasteiger partial charge in [0.2, 0.25) is 0 Å². The van der Waals surface area contributed by atoms with Crippen molar-refractivity contribution in [3.8, 4) is 39.1 Å². The Morgan fingerprint density at radius 2 is 1.26 bits per heavy atom. The molecule has 0 fully saturated rings. The number of fused-ring (bicyclic) bond motifs is 8. The van der Waals surface area contributed by atoms with Crippen molar-refractivity contribution in [1.82, 2.24) is 4.98 Å². The van der Waals surface area contributed by atoms with E-state index in [2.05, 4.69) is 132 Å². The summed E-state index contributed by atoms with van der Waals surface area (Å²) in [4.78, 5) is 4.41. The molecule has 3 heteroatoms. The van der Waals surface area contributed by atoms with E-state index in [0.29, 0.717) is 0 Å². The number of rotatable bonds is 3. The number of benzene rings is 6. The maximum absolute atomic E-state index is 6.65. The van der Waals surface area contributed by atoms with E-state index in [9.17, 15) is 0 Å². The fourth-order valence-corrected chi connectivity index (χ4v) is 7.71. The Labute approximate surface area is 265 Å². The Kier molecular flexibility index (Phi) is 5.40. The summed E-state index contributed by atoms with van der Waals surface area (Å²) >= 11 is 0. The molecule has 2 unspecified atom stereocenters. The molecule has 46 heavy (non-hydrogen) atoms. The lowest BCUT2D eigenvalue weighted by atomic mass is 9.83. The van der Waals surface area contributed by atoms with Crippen molar-refractivity contribution in [3.05, 3.63) is 158 Å². The largest absolute Gasteiger partial charge is 0.485 e. The Hall–Kier alpha value is -5.93. The molecule has 6 aromatic carbocycles. The number of allylic oxidation sites excluding steroid dienone is 2. The number of hydrogen-bond acceptors (Lipinski definition) is 3. The van der Waals surface area contributed by atoms with Crippen LogP contribution in [0.25, 0.3) is 76.9 Å². The van der Waals surface area contributed by atoms with E-state index in [1.165, 1.54) is 43.8 Å². The number of pyridine rings is 1. The summed E-state index contributed by atoms with van der Waals surface area (Å²) in [7, 11) is 0. The van der Waals surface area contributed by atoms with Crippen molar-refractivity contribution < 1.29 is 9.15 Å². The molecule has 2 aromatic heterocycles. The molecule has 0 amide bonds. The molecule has 0 bridgehead atoms. The molecule has 3 nitrogen and oxygen atoms in total. The predicted molar refractivity (Wildman–Crippen MR) is 188 cm³/mol. The molecule has 216 valence electrons. The average Bonchev–Trinajstić information content (AvgIpc) is 3.69. The fourth-order valence-electron chi connectivity index (χ4n) is 7.71. The number of furan rings is 1. The van der Waals surface area contributed by atoms with Crippen LogP contribution in [-0.2, 0) is 0 Å². The normalized spacial score (nSPS) is 16.7. The molecule has 0 radical (unpaired) electrons. The first-order valence-corrected chi connectivity index (χ1v) is 15.8. The summed E-state index contributed by atoms with van der Waals surface area (Å²) in [6.07, 6.45) is 12.4. The number of hydrogen-bond donors (Lipinski definition) is 0. The van der Waals surface area contributed by atoms with Crippen LogP contribution in [0.5, 0.6) is 5.75 Å². The van der Waals surface area contributed by atoms with E-state index < -0.39 is 0 Å². The summed E-state index contributed by atoms with van der Waals surface area (Å²) in [5.74, 6) is 1.21. The monoisotopic (exact) mass is 589 g/mol. The van der Waals surface area contributed by atoms with Crippen LogP contribution in [0, 0.1) is 0 Å². The van der Waals surface area contributed by atoms with Crippen LogP contribution in [0.1, 0.15) is 11.5 Å². The molecule has 2 atom stereocenters. The first-order valence-electron chi connectivity index (χ1n) is 15.8. The minimum absolute atomic E-state index is 0.0629. The summed E-state index contributed by atoms with van der Waals surface area (Å²) in [5, 5.41) is 7.11. The zero-order chi connectivity index (χ0) is 30.2. The lowest BCUT2D eigenvalue weighted by Crippen LogP contribution is -2.15. The van der Waals surface area contributed by atoms with Gasteiger partial charge in [-0.25, -0.2) is 0 Å². The van der Waals surface area contributed by atoms with Crippen molar-refractivity contribution >= 4 is 43.5 Å². The first-order chi connectivity index (χ1) is 22.8. The second-order valence-corrected chi connectivity index (χ2v) is 12.2. The summed E-state index contributed by atoms with van der Waals surface area (Å²) in [6, 6.07) is 41.3. The molecule has 3 heterocycles. The predicted octanol–water partition coefficient (Wildman–Crippen LogP) is 11.3. The SMILES string of the molecule is C1=CC2Oc3ccc(-c4c5ccccc5c(-c5ccc(-c6cccnc6)c6oc7ccccc7c56)c5ccccc45)cc3C2C=C1. The standard InChI is InChI=1S/C43H27NO2/c1-3-14-32-30(12-1)40(26-19-22-39-36(24-26)29-11-5-7-17-37(29)45-39)31-13-2-4-15-33(31)41(32)35-21-20-28(27-10-9-23-44-25-27)43-42(35)34-16-6-8-18-38(34)46-43/h1-25,29,37H. The molecule has 2 aliphatic rings.